The van der Waals surface area contributed by atoms with Crippen molar-refractivity contribution in [3.8, 4) is 6.07 Å². The summed E-state index contributed by atoms with van der Waals surface area (Å²) in [5, 5.41) is 8.65. The van der Waals surface area contributed by atoms with E-state index in [-0.39, 0.29) is 28.6 Å². The molecule has 1 rings (SSSR count). The summed E-state index contributed by atoms with van der Waals surface area (Å²) in [5.41, 5.74) is -0.0630. The van der Waals surface area contributed by atoms with E-state index in [1.54, 1.807) is 19.9 Å². The van der Waals surface area contributed by atoms with Gasteiger partial charge in [0.15, 0.2) is 9.84 Å². The molecule has 0 aliphatic heterocycles. The second-order valence-corrected chi connectivity index (χ2v) is 6.45. The van der Waals surface area contributed by atoms with Crippen LogP contribution < -0.4 is 0 Å². The Hall–Kier alpha value is -1.41. The molecule has 0 aliphatic rings. The van der Waals surface area contributed by atoms with E-state index in [4.69, 9.17) is 5.26 Å². The zero-order valence-corrected chi connectivity index (χ0v) is 10.6. The maximum atomic E-state index is 13.7. The predicted molar refractivity (Wildman–Crippen MR) is 63.4 cm³/mol. The smallest absolute Gasteiger partial charge is 0.154 e. The maximum absolute atomic E-state index is 13.7. The van der Waals surface area contributed by atoms with Gasteiger partial charge in [0.2, 0.25) is 0 Å². The van der Waals surface area contributed by atoms with Gasteiger partial charge in [-0.3, -0.25) is 0 Å². The van der Waals surface area contributed by atoms with Gasteiger partial charge < -0.3 is 0 Å². The van der Waals surface area contributed by atoms with Gasteiger partial charge in [-0.15, -0.1) is 0 Å². The highest BCUT2D eigenvalue weighted by molar-refractivity contribution is 7.90. The van der Waals surface area contributed by atoms with Gasteiger partial charge in [0, 0.05) is 5.56 Å². The van der Waals surface area contributed by atoms with Crippen LogP contribution >= 0.6 is 0 Å². The zero-order chi connectivity index (χ0) is 13.1. The summed E-state index contributed by atoms with van der Waals surface area (Å²) < 4.78 is 37.1. The monoisotopic (exact) mass is 255 g/mol. The van der Waals surface area contributed by atoms with Gasteiger partial charge >= 0.3 is 0 Å². The van der Waals surface area contributed by atoms with Crippen LogP contribution in [0.3, 0.4) is 0 Å². The molecule has 1 aromatic carbocycles. The number of benzene rings is 1. The van der Waals surface area contributed by atoms with Crippen LogP contribution in [0.15, 0.2) is 18.2 Å². The van der Waals surface area contributed by atoms with E-state index in [9.17, 15) is 12.8 Å². The molecule has 0 amide bonds. The third-order valence-corrected chi connectivity index (χ3v) is 4.09. The van der Waals surface area contributed by atoms with Crippen molar-refractivity contribution in [2.24, 2.45) is 5.92 Å². The number of hydrogen-bond acceptors (Lipinski definition) is 3. The lowest BCUT2D eigenvalue weighted by atomic mass is 10.1. The lowest BCUT2D eigenvalue weighted by molar-refractivity contribution is 0.575. The molecule has 0 saturated carbocycles. The highest BCUT2D eigenvalue weighted by atomic mass is 32.2. The first-order valence-electron chi connectivity index (χ1n) is 5.23. The summed E-state index contributed by atoms with van der Waals surface area (Å²) >= 11 is 0. The average Bonchev–Trinajstić information content (AvgIpc) is 2.19. The third-order valence-electron chi connectivity index (χ3n) is 2.16. The van der Waals surface area contributed by atoms with Crippen molar-refractivity contribution in [2.45, 2.75) is 19.6 Å². The fraction of sp³-hybridized carbons (Fsp3) is 0.417. The molecule has 3 nitrogen and oxygen atoms in total. The SMILES string of the molecule is CC(C)CS(=O)(=O)Cc1cccc(C#N)c1F. The number of rotatable bonds is 4. The Bertz CT molecular complexity index is 544. The molecule has 0 radical (unpaired) electrons. The second-order valence-electron chi connectivity index (χ2n) is 4.34. The molecule has 5 heteroatoms. The van der Waals surface area contributed by atoms with Gasteiger partial charge in [-0.2, -0.15) is 5.26 Å². The first kappa shape index (κ1) is 13.7. The Balaban J connectivity index is 3.01. The van der Waals surface area contributed by atoms with E-state index >= 15 is 0 Å². The fourth-order valence-electron chi connectivity index (χ4n) is 1.58. The first-order valence-corrected chi connectivity index (χ1v) is 7.06. The van der Waals surface area contributed by atoms with Crippen molar-refractivity contribution in [2.75, 3.05) is 5.75 Å². The van der Waals surface area contributed by atoms with Crippen LogP contribution in [0.25, 0.3) is 0 Å². The summed E-state index contributed by atoms with van der Waals surface area (Å²) in [7, 11) is -3.33. The molecule has 0 aliphatic carbocycles. The molecule has 0 spiro atoms. The molecule has 0 unspecified atom stereocenters. The largest absolute Gasteiger partial charge is 0.228 e. The molecule has 0 N–H and O–H groups in total. The van der Waals surface area contributed by atoms with E-state index in [1.165, 1.54) is 18.2 Å². The van der Waals surface area contributed by atoms with Crippen LogP contribution in [0.1, 0.15) is 25.0 Å². The fourth-order valence-corrected chi connectivity index (χ4v) is 3.41. The van der Waals surface area contributed by atoms with Gasteiger partial charge in [-0.25, -0.2) is 12.8 Å². The van der Waals surface area contributed by atoms with Crippen molar-refractivity contribution in [3.63, 3.8) is 0 Å². The molecule has 0 aromatic heterocycles. The normalized spacial score (nSPS) is 11.5. The van der Waals surface area contributed by atoms with Crippen LogP contribution in [0.5, 0.6) is 0 Å². The standard InChI is InChI=1S/C12H14FNO2S/c1-9(2)7-17(15,16)8-11-5-3-4-10(6-14)12(11)13/h3-5,9H,7-8H2,1-2H3. The zero-order valence-electron chi connectivity index (χ0n) is 9.77. The Morgan fingerprint density at radius 2 is 2.06 bits per heavy atom. The summed E-state index contributed by atoms with van der Waals surface area (Å²) in [5.74, 6) is -1.07. The third kappa shape index (κ3) is 3.82. The highest BCUT2D eigenvalue weighted by Crippen LogP contribution is 2.16. The van der Waals surface area contributed by atoms with Crippen LogP contribution in [0.2, 0.25) is 0 Å². The number of sulfone groups is 1. The van der Waals surface area contributed by atoms with Crippen molar-refractivity contribution in [1.82, 2.24) is 0 Å². The molecule has 0 fully saturated rings. The molecule has 92 valence electrons. The van der Waals surface area contributed by atoms with E-state index in [2.05, 4.69) is 0 Å². The van der Waals surface area contributed by atoms with E-state index in [0.29, 0.717) is 0 Å². The number of nitrogens with zero attached hydrogens (tertiary/aromatic N) is 1. The summed E-state index contributed by atoms with van der Waals surface area (Å²) in [4.78, 5) is 0. The van der Waals surface area contributed by atoms with Crippen molar-refractivity contribution in [3.05, 3.63) is 35.1 Å². The van der Waals surface area contributed by atoms with Gasteiger partial charge in [0.25, 0.3) is 0 Å². The topological polar surface area (TPSA) is 57.9 Å². The number of halogens is 1. The molecule has 0 heterocycles. The number of nitriles is 1. The molecular weight excluding hydrogens is 241 g/mol. The van der Waals surface area contributed by atoms with Crippen molar-refractivity contribution in [1.29, 1.82) is 5.26 Å². The van der Waals surface area contributed by atoms with Crippen LogP contribution in [0, 0.1) is 23.1 Å². The average molecular weight is 255 g/mol. The van der Waals surface area contributed by atoms with Crippen LogP contribution in [0.4, 0.5) is 4.39 Å². The number of hydrogen-bond donors (Lipinski definition) is 0. The summed E-state index contributed by atoms with van der Waals surface area (Å²) in [6.45, 7) is 3.58. The Labute approximate surface area is 101 Å². The first-order chi connectivity index (χ1) is 7.85. The van der Waals surface area contributed by atoms with E-state index < -0.39 is 15.7 Å². The van der Waals surface area contributed by atoms with Crippen molar-refractivity contribution >= 4 is 9.84 Å². The minimum Gasteiger partial charge on any atom is -0.228 e. The summed E-state index contributed by atoms with van der Waals surface area (Å²) in [6, 6.07) is 5.90. The highest BCUT2D eigenvalue weighted by Gasteiger charge is 2.17. The molecule has 0 atom stereocenters. The van der Waals surface area contributed by atoms with E-state index in [1.807, 2.05) is 0 Å². The Morgan fingerprint density at radius 1 is 1.41 bits per heavy atom. The lowest BCUT2D eigenvalue weighted by Gasteiger charge is -2.08. The molecule has 0 saturated heterocycles. The Kier molecular flexibility index (Phi) is 4.24. The van der Waals surface area contributed by atoms with Crippen molar-refractivity contribution < 1.29 is 12.8 Å². The molecule has 1 aromatic rings. The van der Waals surface area contributed by atoms with Gasteiger partial charge in [0.1, 0.15) is 11.9 Å². The maximum Gasteiger partial charge on any atom is 0.154 e. The van der Waals surface area contributed by atoms with Gasteiger partial charge in [-0.05, 0) is 12.0 Å². The Morgan fingerprint density at radius 3 is 2.59 bits per heavy atom. The minimum atomic E-state index is -3.33. The van der Waals surface area contributed by atoms with Gasteiger partial charge in [-0.1, -0.05) is 26.0 Å². The predicted octanol–water partition coefficient (Wildman–Crippen LogP) is 2.27. The molecule has 0 bridgehead atoms. The van der Waals surface area contributed by atoms with Gasteiger partial charge in [0.05, 0.1) is 17.1 Å². The molecular formula is C12H14FNO2S. The molecule has 17 heavy (non-hydrogen) atoms. The van der Waals surface area contributed by atoms with Crippen LogP contribution in [-0.2, 0) is 15.6 Å². The second kappa shape index (κ2) is 5.28. The summed E-state index contributed by atoms with van der Waals surface area (Å²) in [6.07, 6.45) is 0. The van der Waals surface area contributed by atoms with E-state index in [0.717, 1.165) is 0 Å². The lowest BCUT2D eigenvalue weighted by Crippen LogP contribution is -2.14. The van der Waals surface area contributed by atoms with Crippen LogP contribution in [-0.4, -0.2) is 14.2 Å². The quantitative estimate of drug-likeness (QED) is 0.829. The minimum absolute atomic E-state index is 0.00205.